The molecule has 4 rings (SSSR count). The molecule has 162 valence electrons. The van der Waals surface area contributed by atoms with E-state index < -0.39 is 0 Å². The van der Waals surface area contributed by atoms with Crippen LogP contribution in [0.5, 0.6) is 11.6 Å². The highest BCUT2D eigenvalue weighted by atomic mass is 35.5. The SMILES string of the molecule is Cc1nc(Oc2ccc(NC(=O)c3ccc(Cl)cc3)cc2)cc(-n2nc(C)c(C)c2C)n1. The Morgan fingerprint density at radius 1 is 0.969 bits per heavy atom. The number of nitrogens with one attached hydrogen (secondary N) is 1. The van der Waals surface area contributed by atoms with Gasteiger partial charge in [0.05, 0.1) is 5.69 Å². The molecule has 0 saturated carbocycles. The number of rotatable bonds is 5. The molecule has 0 bridgehead atoms. The van der Waals surface area contributed by atoms with Crippen LogP contribution in [0.4, 0.5) is 5.69 Å². The highest BCUT2D eigenvalue weighted by Gasteiger charge is 2.13. The molecule has 8 heteroatoms. The molecule has 0 aliphatic carbocycles. The smallest absolute Gasteiger partial charge is 0.255 e. The Morgan fingerprint density at radius 3 is 2.28 bits per heavy atom. The van der Waals surface area contributed by atoms with E-state index in [-0.39, 0.29) is 5.91 Å². The third-order valence-corrected chi connectivity index (χ3v) is 5.36. The van der Waals surface area contributed by atoms with Gasteiger partial charge in [-0.15, -0.1) is 0 Å². The van der Waals surface area contributed by atoms with Gasteiger partial charge in [0, 0.05) is 28.0 Å². The van der Waals surface area contributed by atoms with Gasteiger partial charge in [0.25, 0.3) is 5.91 Å². The van der Waals surface area contributed by atoms with E-state index in [1.54, 1.807) is 59.3 Å². The van der Waals surface area contributed by atoms with Crippen LogP contribution in [-0.2, 0) is 0 Å². The highest BCUT2D eigenvalue weighted by Crippen LogP contribution is 2.24. The molecule has 1 N–H and O–H groups in total. The Hall–Kier alpha value is -3.71. The van der Waals surface area contributed by atoms with E-state index in [0.29, 0.717) is 39.5 Å². The molecule has 0 unspecified atom stereocenters. The predicted molar refractivity (Wildman–Crippen MR) is 124 cm³/mol. The molecule has 1 amide bonds. The molecule has 2 aromatic heterocycles. The first kappa shape index (κ1) is 21.5. The average Bonchev–Trinajstić information content (AvgIpc) is 3.02. The van der Waals surface area contributed by atoms with Crippen molar-refractivity contribution in [1.82, 2.24) is 19.7 Å². The summed E-state index contributed by atoms with van der Waals surface area (Å²) in [6, 6.07) is 15.5. The second-order valence-corrected chi connectivity index (χ2v) is 7.84. The van der Waals surface area contributed by atoms with Gasteiger partial charge in [-0.3, -0.25) is 4.79 Å². The van der Waals surface area contributed by atoms with Crippen LogP contribution in [0, 0.1) is 27.7 Å². The first-order chi connectivity index (χ1) is 15.3. The van der Waals surface area contributed by atoms with Gasteiger partial charge in [0.2, 0.25) is 5.88 Å². The lowest BCUT2D eigenvalue weighted by atomic mass is 10.2. The van der Waals surface area contributed by atoms with Crippen LogP contribution in [0.15, 0.2) is 54.6 Å². The maximum absolute atomic E-state index is 12.4. The minimum absolute atomic E-state index is 0.216. The Balaban J connectivity index is 1.50. The first-order valence-electron chi connectivity index (χ1n) is 10.0. The third-order valence-electron chi connectivity index (χ3n) is 5.11. The number of anilines is 1. The topological polar surface area (TPSA) is 81.9 Å². The minimum Gasteiger partial charge on any atom is -0.439 e. The zero-order chi connectivity index (χ0) is 22.8. The van der Waals surface area contributed by atoms with Gasteiger partial charge >= 0.3 is 0 Å². The fourth-order valence-corrected chi connectivity index (χ4v) is 3.29. The summed E-state index contributed by atoms with van der Waals surface area (Å²) in [4.78, 5) is 21.2. The van der Waals surface area contributed by atoms with Gasteiger partial charge in [-0.1, -0.05) is 11.6 Å². The molecule has 0 saturated heterocycles. The zero-order valence-corrected chi connectivity index (χ0v) is 18.9. The molecule has 0 radical (unpaired) electrons. The Bertz CT molecular complexity index is 1280. The second kappa shape index (κ2) is 8.80. The third kappa shape index (κ3) is 4.63. The maximum Gasteiger partial charge on any atom is 0.255 e. The Kier molecular flexibility index (Phi) is 5.92. The molecule has 0 fully saturated rings. The summed E-state index contributed by atoms with van der Waals surface area (Å²) < 4.78 is 7.73. The van der Waals surface area contributed by atoms with Crippen molar-refractivity contribution >= 4 is 23.2 Å². The summed E-state index contributed by atoms with van der Waals surface area (Å²) in [5, 5.41) is 7.99. The zero-order valence-electron chi connectivity index (χ0n) is 18.2. The van der Waals surface area contributed by atoms with Crippen molar-refractivity contribution in [1.29, 1.82) is 0 Å². The lowest BCUT2D eigenvalue weighted by Gasteiger charge is -2.10. The van der Waals surface area contributed by atoms with Crippen LogP contribution in [0.3, 0.4) is 0 Å². The molecule has 4 aromatic rings. The second-order valence-electron chi connectivity index (χ2n) is 7.41. The maximum atomic E-state index is 12.4. The summed E-state index contributed by atoms with van der Waals surface area (Å²) in [7, 11) is 0. The molecular formula is C24H22ClN5O2. The number of ether oxygens (including phenoxy) is 1. The lowest BCUT2D eigenvalue weighted by Crippen LogP contribution is -2.11. The van der Waals surface area contributed by atoms with Crippen molar-refractivity contribution in [3.8, 4) is 17.4 Å². The van der Waals surface area contributed by atoms with E-state index >= 15 is 0 Å². The van der Waals surface area contributed by atoms with Crippen LogP contribution in [0.2, 0.25) is 5.02 Å². The number of aryl methyl sites for hydroxylation is 2. The van der Waals surface area contributed by atoms with E-state index in [4.69, 9.17) is 16.3 Å². The van der Waals surface area contributed by atoms with Crippen molar-refractivity contribution in [2.75, 3.05) is 5.32 Å². The fraction of sp³-hybridized carbons (Fsp3) is 0.167. The summed E-state index contributed by atoms with van der Waals surface area (Å²) in [6.45, 7) is 7.82. The van der Waals surface area contributed by atoms with Crippen molar-refractivity contribution < 1.29 is 9.53 Å². The van der Waals surface area contributed by atoms with Crippen LogP contribution >= 0.6 is 11.6 Å². The summed E-state index contributed by atoms with van der Waals surface area (Å²) in [6.07, 6.45) is 0. The number of benzene rings is 2. The molecule has 0 aliphatic rings. The average molecular weight is 448 g/mol. The number of carbonyl (C=O) groups is 1. The highest BCUT2D eigenvalue weighted by molar-refractivity contribution is 6.30. The Labute approximate surface area is 191 Å². The Morgan fingerprint density at radius 2 is 1.66 bits per heavy atom. The van der Waals surface area contributed by atoms with Crippen LogP contribution in [0.1, 0.15) is 33.1 Å². The monoisotopic (exact) mass is 447 g/mol. The van der Waals surface area contributed by atoms with Gasteiger partial charge < -0.3 is 10.1 Å². The summed E-state index contributed by atoms with van der Waals surface area (Å²) >= 11 is 5.87. The van der Waals surface area contributed by atoms with Crippen molar-refractivity contribution in [3.05, 3.63) is 88.0 Å². The van der Waals surface area contributed by atoms with E-state index in [1.165, 1.54) is 0 Å². The number of hydrogen-bond acceptors (Lipinski definition) is 5. The molecule has 0 atom stereocenters. The number of halogens is 1. The molecule has 2 aromatic carbocycles. The van der Waals surface area contributed by atoms with Gasteiger partial charge in [0.1, 0.15) is 11.6 Å². The van der Waals surface area contributed by atoms with Crippen molar-refractivity contribution in [3.63, 3.8) is 0 Å². The molecule has 0 aliphatic heterocycles. The number of carbonyl (C=O) groups excluding carboxylic acids is 1. The van der Waals surface area contributed by atoms with Crippen molar-refractivity contribution in [2.24, 2.45) is 0 Å². The van der Waals surface area contributed by atoms with Gasteiger partial charge in [-0.05, 0) is 81.8 Å². The summed E-state index contributed by atoms with van der Waals surface area (Å²) in [5.41, 5.74) is 4.28. The number of aromatic nitrogens is 4. The van der Waals surface area contributed by atoms with Gasteiger partial charge in [-0.2, -0.15) is 10.1 Å². The molecule has 2 heterocycles. The fourth-order valence-electron chi connectivity index (χ4n) is 3.16. The van der Waals surface area contributed by atoms with Crippen LogP contribution in [-0.4, -0.2) is 25.7 Å². The summed E-state index contributed by atoms with van der Waals surface area (Å²) in [5.74, 6) is 2.01. The minimum atomic E-state index is -0.216. The normalized spacial score (nSPS) is 10.8. The van der Waals surface area contributed by atoms with Crippen LogP contribution in [0.25, 0.3) is 5.82 Å². The van der Waals surface area contributed by atoms with E-state index in [1.807, 2.05) is 27.7 Å². The van der Waals surface area contributed by atoms with E-state index in [9.17, 15) is 4.79 Å². The predicted octanol–water partition coefficient (Wildman–Crippen LogP) is 5.59. The van der Waals surface area contributed by atoms with Gasteiger partial charge in [0.15, 0.2) is 5.82 Å². The largest absolute Gasteiger partial charge is 0.439 e. The van der Waals surface area contributed by atoms with Gasteiger partial charge in [-0.25, -0.2) is 9.67 Å². The van der Waals surface area contributed by atoms with E-state index in [2.05, 4.69) is 20.4 Å². The molecular weight excluding hydrogens is 426 g/mol. The number of hydrogen-bond donors (Lipinski definition) is 1. The lowest BCUT2D eigenvalue weighted by molar-refractivity contribution is 0.102. The number of amides is 1. The van der Waals surface area contributed by atoms with E-state index in [0.717, 1.165) is 17.0 Å². The first-order valence-corrected chi connectivity index (χ1v) is 10.4. The molecule has 7 nitrogen and oxygen atoms in total. The standard InChI is InChI=1S/C24H22ClN5O2/c1-14-15(2)29-30(16(14)3)22-13-23(27-17(4)26-22)32-21-11-9-20(10-12-21)28-24(31)18-5-7-19(25)8-6-18/h5-13H,1-4H3,(H,28,31). The van der Waals surface area contributed by atoms with Crippen LogP contribution < -0.4 is 10.1 Å². The quantitative estimate of drug-likeness (QED) is 0.431. The molecule has 0 spiro atoms. The van der Waals surface area contributed by atoms with Crippen molar-refractivity contribution in [2.45, 2.75) is 27.7 Å². The molecule has 32 heavy (non-hydrogen) atoms. The number of nitrogens with zero attached hydrogens (tertiary/aromatic N) is 4.